The highest BCUT2D eigenvalue weighted by molar-refractivity contribution is 7.96. The van der Waals surface area contributed by atoms with Crippen molar-refractivity contribution < 1.29 is 17.2 Å². The van der Waals surface area contributed by atoms with E-state index in [0.29, 0.717) is 0 Å². The molecular weight excluding hydrogens is 280 g/mol. The molecule has 0 aliphatic heterocycles. The molecule has 0 radical (unpaired) electrons. The number of thiocarbonyl (C=S) groups is 1. The van der Waals surface area contributed by atoms with Crippen LogP contribution in [-0.2, 0) is 10.0 Å². The lowest BCUT2D eigenvalue weighted by molar-refractivity contribution is 0.532. The van der Waals surface area contributed by atoms with Crippen molar-refractivity contribution in [2.24, 2.45) is 11.1 Å². The first kappa shape index (κ1) is 13.4. The number of sulfonamides is 1. The van der Waals surface area contributed by atoms with Crippen LogP contribution in [0.3, 0.4) is 0 Å². The molecule has 1 rings (SSSR count). The van der Waals surface area contributed by atoms with Crippen LogP contribution in [0.15, 0.2) is 34.2 Å². The Bertz CT molecular complexity index is 518. The van der Waals surface area contributed by atoms with Crippen LogP contribution in [0.4, 0.5) is 8.78 Å². The van der Waals surface area contributed by atoms with Gasteiger partial charge in [-0.2, -0.15) is 4.39 Å². The molecule has 0 saturated heterocycles. The van der Waals surface area contributed by atoms with Gasteiger partial charge in [0.25, 0.3) is 0 Å². The van der Waals surface area contributed by atoms with Crippen LogP contribution < -0.4 is 5.14 Å². The lowest BCUT2D eigenvalue weighted by Gasteiger charge is -2.16. The molecule has 0 saturated carbocycles. The summed E-state index contributed by atoms with van der Waals surface area (Å²) in [5, 5.41) is 3.29. The minimum absolute atomic E-state index is 0.321. The molecule has 0 aromatic rings. The predicted octanol–water partition coefficient (Wildman–Crippen LogP) is 2.06. The third-order valence-electron chi connectivity index (χ3n) is 1.84. The second-order valence-corrected chi connectivity index (χ2v) is 5.21. The summed E-state index contributed by atoms with van der Waals surface area (Å²) in [5.41, 5.74) is 0. The van der Waals surface area contributed by atoms with E-state index in [4.69, 9.17) is 29.0 Å². The molecule has 0 amide bonds. The zero-order chi connectivity index (χ0) is 12.5. The van der Waals surface area contributed by atoms with E-state index >= 15 is 0 Å². The van der Waals surface area contributed by atoms with E-state index in [1.807, 2.05) is 0 Å². The Labute approximate surface area is 101 Å². The Hall–Kier alpha value is -0.630. The molecule has 1 aliphatic rings. The van der Waals surface area contributed by atoms with E-state index in [-0.39, 0.29) is 4.86 Å². The smallest absolute Gasteiger partial charge is 0.225 e. The van der Waals surface area contributed by atoms with Gasteiger partial charge >= 0.3 is 0 Å². The third-order valence-corrected chi connectivity index (χ3v) is 3.59. The fraction of sp³-hybridized carbons (Fsp3) is 0.125. The Balaban J connectivity index is 3.20. The first-order chi connectivity index (χ1) is 7.25. The van der Waals surface area contributed by atoms with Crippen molar-refractivity contribution in [3.05, 3.63) is 34.2 Å². The Kier molecular flexibility index (Phi) is 3.95. The molecule has 8 heteroatoms. The number of hydrogen-bond donors (Lipinski definition) is 1. The number of nitrogens with two attached hydrogens (primary N) is 1. The first-order valence-electron chi connectivity index (χ1n) is 3.91. The van der Waals surface area contributed by atoms with Gasteiger partial charge in [0.15, 0.2) is 5.83 Å². The topological polar surface area (TPSA) is 60.2 Å². The number of hydrogen-bond acceptors (Lipinski definition) is 3. The highest BCUT2D eigenvalue weighted by atomic mass is 35.5. The lowest BCUT2D eigenvalue weighted by atomic mass is 9.99. The predicted molar refractivity (Wildman–Crippen MR) is 61.5 cm³/mol. The maximum absolute atomic E-state index is 13.2. The minimum Gasteiger partial charge on any atom is -0.225 e. The Morgan fingerprint density at radius 1 is 1.50 bits per heavy atom. The van der Waals surface area contributed by atoms with E-state index in [1.54, 1.807) is 0 Å². The monoisotopic (exact) mass is 285 g/mol. The standard InChI is InChI=1S/C8H6ClF2NO2S2/c9-8(11)6(10)4-2-1-3-5(7(4)15)16(12,13)14/h1-4H,(H2,12,13,14). The van der Waals surface area contributed by atoms with Gasteiger partial charge < -0.3 is 0 Å². The van der Waals surface area contributed by atoms with E-state index < -0.39 is 32.0 Å². The molecule has 0 aromatic carbocycles. The summed E-state index contributed by atoms with van der Waals surface area (Å²) in [6.45, 7) is 0. The van der Waals surface area contributed by atoms with Crippen molar-refractivity contribution in [2.75, 3.05) is 0 Å². The summed E-state index contributed by atoms with van der Waals surface area (Å²) in [5.74, 6) is -2.65. The van der Waals surface area contributed by atoms with Gasteiger partial charge in [0.05, 0.1) is 10.8 Å². The van der Waals surface area contributed by atoms with E-state index in [1.165, 1.54) is 12.2 Å². The Morgan fingerprint density at radius 3 is 2.50 bits per heavy atom. The molecule has 1 unspecified atom stereocenters. The van der Waals surface area contributed by atoms with Crippen molar-refractivity contribution in [3.63, 3.8) is 0 Å². The van der Waals surface area contributed by atoms with Crippen molar-refractivity contribution in [1.82, 2.24) is 0 Å². The van der Waals surface area contributed by atoms with E-state index in [0.717, 1.165) is 6.08 Å². The van der Waals surface area contributed by atoms with Gasteiger partial charge in [0, 0.05) is 4.86 Å². The fourth-order valence-electron chi connectivity index (χ4n) is 1.13. The lowest BCUT2D eigenvalue weighted by Crippen LogP contribution is -2.26. The molecule has 3 nitrogen and oxygen atoms in total. The molecule has 0 aromatic heterocycles. The third kappa shape index (κ3) is 2.73. The van der Waals surface area contributed by atoms with Crippen LogP contribution in [0, 0.1) is 5.92 Å². The van der Waals surface area contributed by atoms with Crippen LogP contribution in [0.1, 0.15) is 0 Å². The summed E-state index contributed by atoms with van der Waals surface area (Å²) in [6, 6.07) is 0. The van der Waals surface area contributed by atoms with Crippen molar-refractivity contribution in [2.45, 2.75) is 0 Å². The molecule has 88 valence electrons. The molecule has 16 heavy (non-hydrogen) atoms. The van der Waals surface area contributed by atoms with Crippen LogP contribution in [0.25, 0.3) is 0 Å². The summed E-state index contributed by atoms with van der Waals surface area (Å²) < 4.78 is 47.8. The number of rotatable bonds is 2. The van der Waals surface area contributed by atoms with Crippen molar-refractivity contribution in [3.8, 4) is 0 Å². The van der Waals surface area contributed by atoms with Gasteiger partial charge in [-0.25, -0.2) is 17.9 Å². The van der Waals surface area contributed by atoms with Crippen LogP contribution in [0.5, 0.6) is 0 Å². The molecule has 0 bridgehead atoms. The molecule has 1 atom stereocenters. The van der Waals surface area contributed by atoms with Crippen molar-refractivity contribution in [1.29, 1.82) is 0 Å². The van der Waals surface area contributed by atoms with Gasteiger partial charge in [-0.1, -0.05) is 24.4 Å². The molecule has 1 aliphatic carbocycles. The molecular formula is C8H6ClF2NO2S2. The van der Waals surface area contributed by atoms with Crippen LogP contribution in [-0.4, -0.2) is 13.3 Å². The van der Waals surface area contributed by atoms with E-state index in [9.17, 15) is 17.2 Å². The van der Waals surface area contributed by atoms with E-state index in [2.05, 4.69) is 0 Å². The van der Waals surface area contributed by atoms with Gasteiger partial charge in [-0.05, 0) is 17.7 Å². The molecule has 0 spiro atoms. The number of halogens is 3. The highest BCUT2D eigenvalue weighted by Crippen LogP contribution is 2.29. The number of primary sulfonamides is 1. The van der Waals surface area contributed by atoms with Gasteiger partial charge in [0.1, 0.15) is 0 Å². The maximum atomic E-state index is 13.2. The zero-order valence-corrected chi connectivity index (χ0v) is 10.0. The normalized spacial score (nSPS) is 22.9. The largest absolute Gasteiger partial charge is 0.239 e. The summed E-state index contributed by atoms with van der Waals surface area (Å²) in [7, 11) is -4.05. The minimum atomic E-state index is -4.05. The second kappa shape index (κ2) is 4.70. The molecule has 0 fully saturated rings. The summed E-state index contributed by atoms with van der Waals surface area (Å²) >= 11 is 9.55. The molecule has 2 N–H and O–H groups in total. The first-order valence-corrected chi connectivity index (χ1v) is 6.24. The summed E-state index contributed by atoms with van der Waals surface area (Å²) in [4.78, 5) is -0.735. The second-order valence-electron chi connectivity index (χ2n) is 2.91. The Morgan fingerprint density at radius 2 is 2.06 bits per heavy atom. The van der Waals surface area contributed by atoms with Crippen molar-refractivity contribution >= 4 is 38.7 Å². The van der Waals surface area contributed by atoms with Crippen LogP contribution >= 0.6 is 23.8 Å². The fourth-order valence-corrected chi connectivity index (χ4v) is 2.52. The maximum Gasteiger partial charge on any atom is 0.239 e. The zero-order valence-electron chi connectivity index (χ0n) is 7.65. The highest BCUT2D eigenvalue weighted by Gasteiger charge is 2.29. The SMILES string of the molecule is NS(=O)(=O)C1=CC=CC(C(F)=C(F)Cl)C1=S. The van der Waals surface area contributed by atoms with Gasteiger partial charge in [0.2, 0.25) is 15.3 Å². The summed E-state index contributed by atoms with van der Waals surface area (Å²) in [6.07, 6.45) is 3.53. The van der Waals surface area contributed by atoms with Crippen LogP contribution in [0.2, 0.25) is 0 Å². The number of allylic oxidation sites excluding steroid dienone is 5. The average molecular weight is 286 g/mol. The quantitative estimate of drug-likeness (QED) is 0.790. The molecule has 0 heterocycles. The van der Waals surface area contributed by atoms with Gasteiger partial charge in [-0.3, -0.25) is 0 Å². The average Bonchev–Trinajstić information content (AvgIpc) is 2.15. The van der Waals surface area contributed by atoms with Gasteiger partial charge in [-0.15, -0.1) is 0 Å².